The maximum atomic E-state index is 12.6. The van der Waals surface area contributed by atoms with E-state index in [1.807, 2.05) is 18.2 Å². The lowest BCUT2D eigenvalue weighted by Gasteiger charge is -2.24. The van der Waals surface area contributed by atoms with Crippen LogP contribution in [0.5, 0.6) is 5.75 Å². The average molecular weight is 317 g/mol. The van der Waals surface area contributed by atoms with Gasteiger partial charge in [0, 0.05) is 0 Å². The summed E-state index contributed by atoms with van der Waals surface area (Å²) in [5.74, 6) is 0.622. The Morgan fingerprint density at radius 3 is 2.64 bits per heavy atom. The van der Waals surface area contributed by atoms with Gasteiger partial charge in [-0.15, -0.1) is 0 Å². The fourth-order valence-corrected chi connectivity index (χ4v) is 4.64. The molecule has 1 aromatic heterocycles. The summed E-state index contributed by atoms with van der Waals surface area (Å²) >= 11 is 0. The van der Waals surface area contributed by atoms with Crippen molar-refractivity contribution in [3.8, 4) is 5.75 Å². The minimum absolute atomic E-state index is 0.0101. The van der Waals surface area contributed by atoms with Gasteiger partial charge in [0.15, 0.2) is 9.84 Å². The number of nitrogens with zero attached hydrogens (tertiary/aromatic N) is 1. The summed E-state index contributed by atoms with van der Waals surface area (Å²) in [6.45, 7) is 0. The molecule has 2 aromatic rings. The van der Waals surface area contributed by atoms with Crippen molar-refractivity contribution in [3.63, 3.8) is 0 Å². The van der Waals surface area contributed by atoms with Crippen molar-refractivity contribution in [1.82, 2.24) is 4.98 Å². The van der Waals surface area contributed by atoms with E-state index in [9.17, 15) is 8.42 Å². The molecule has 0 N–H and O–H groups in total. The zero-order valence-corrected chi connectivity index (χ0v) is 13.3. The van der Waals surface area contributed by atoms with E-state index >= 15 is 0 Å². The van der Waals surface area contributed by atoms with Crippen LogP contribution in [0.15, 0.2) is 42.6 Å². The van der Waals surface area contributed by atoms with E-state index in [1.54, 1.807) is 25.4 Å². The van der Waals surface area contributed by atoms with Gasteiger partial charge in [-0.2, -0.15) is 0 Å². The first-order valence-electron chi connectivity index (χ1n) is 7.36. The van der Waals surface area contributed by atoms with Crippen molar-refractivity contribution in [3.05, 3.63) is 59.4 Å². The molecule has 0 saturated carbocycles. The van der Waals surface area contributed by atoms with E-state index in [-0.39, 0.29) is 11.0 Å². The van der Waals surface area contributed by atoms with Crippen LogP contribution in [0.2, 0.25) is 0 Å². The van der Waals surface area contributed by atoms with E-state index < -0.39 is 9.84 Å². The first-order chi connectivity index (χ1) is 10.6. The monoisotopic (exact) mass is 317 g/mol. The fourth-order valence-electron chi connectivity index (χ4n) is 2.91. The highest BCUT2D eigenvalue weighted by Gasteiger charge is 2.30. The minimum atomic E-state index is -3.20. The molecular weight excluding hydrogens is 298 g/mol. The van der Waals surface area contributed by atoms with Gasteiger partial charge in [0.2, 0.25) is 0 Å². The molecule has 1 aliphatic carbocycles. The van der Waals surface area contributed by atoms with E-state index in [1.165, 1.54) is 5.56 Å². The molecule has 1 heterocycles. The Hall–Kier alpha value is -1.88. The Kier molecular flexibility index (Phi) is 4.16. The van der Waals surface area contributed by atoms with Gasteiger partial charge in [-0.05, 0) is 42.5 Å². The van der Waals surface area contributed by atoms with Gasteiger partial charge < -0.3 is 4.74 Å². The topological polar surface area (TPSA) is 56.3 Å². The van der Waals surface area contributed by atoms with Crippen LogP contribution in [0, 0.1) is 0 Å². The van der Waals surface area contributed by atoms with Gasteiger partial charge >= 0.3 is 0 Å². The van der Waals surface area contributed by atoms with Gasteiger partial charge in [0.1, 0.15) is 5.75 Å². The van der Waals surface area contributed by atoms with Gasteiger partial charge in [-0.3, -0.25) is 4.98 Å². The summed E-state index contributed by atoms with van der Waals surface area (Å²) in [5, 5.41) is -0.314. The Morgan fingerprint density at radius 1 is 1.18 bits per heavy atom. The quantitative estimate of drug-likeness (QED) is 0.869. The molecule has 0 radical (unpaired) electrons. The van der Waals surface area contributed by atoms with E-state index in [0.717, 1.165) is 12.0 Å². The second kappa shape index (κ2) is 6.08. The average Bonchev–Trinajstić information content (AvgIpc) is 2.55. The summed E-state index contributed by atoms with van der Waals surface area (Å²) in [7, 11) is -1.64. The molecule has 1 aliphatic rings. The lowest BCUT2D eigenvalue weighted by molar-refractivity contribution is 0.412. The van der Waals surface area contributed by atoms with Crippen LogP contribution in [0.1, 0.15) is 23.2 Å². The van der Waals surface area contributed by atoms with Crippen molar-refractivity contribution in [2.45, 2.75) is 30.3 Å². The molecule has 0 aliphatic heterocycles. The zero-order chi connectivity index (χ0) is 15.6. The van der Waals surface area contributed by atoms with Crippen LogP contribution in [0.4, 0.5) is 0 Å². The number of benzene rings is 1. The van der Waals surface area contributed by atoms with Gasteiger partial charge in [-0.1, -0.05) is 24.3 Å². The standard InChI is InChI=1S/C17H19NO3S/c1-21-16-8-7-15(18-11-16)12-22(19,20)17-9-6-13-4-2-3-5-14(13)10-17/h2-5,7-8,11,17H,6,9-10,12H2,1H3. The molecule has 0 fully saturated rings. The van der Waals surface area contributed by atoms with Gasteiger partial charge in [-0.25, -0.2) is 8.42 Å². The number of methoxy groups -OCH3 is 1. The number of hydrogen-bond acceptors (Lipinski definition) is 4. The number of rotatable bonds is 4. The number of aromatic nitrogens is 1. The normalized spacial score (nSPS) is 17.8. The Labute approximate surface area is 131 Å². The van der Waals surface area contributed by atoms with Crippen molar-refractivity contribution < 1.29 is 13.2 Å². The Morgan fingerprint density at radius 2 is 1.95 bits per heavy atom. The first kappa shape index (κ1) is 15.0. The van der Waals surface area contributed by atoms with Crippen LogP contribution in [0.25, 0.3) is 0 Å². The molecule has 0 bridgehead atoms. The van der Waals surface area contributed by atoms with E-state index in [4.69, 9.17) is 4.74 Å². The smallest absolute Gasteiger partial charge is 0.159 e. The number of fused-ring (bicyclic) bond motifs is 1. The van der Waals surface area contributed by atoms with Crippen molar-refractivity contribution >= 4 is 9.84 Å². The third-order valence-electron chi connectivity index (χ3n) is 4.19. The molecule has 1 atom stereocenters. The van der Waals surface area contributed by atoms with Crippen LogP contribution in [-0.2, 0) is 28.4 Å². The van der Waals surface area contributed by atoms with E-state index in [0.29, 0.717) is 24.3 Å². The molecule has 1 aromatic carbocycles. The summed E-state index contributed by atoms with van der Waals surface area (Å²) in [6.07, 6.45) is 3.68. The maximum absolute atomic E-state index is 12.6. The highest BCUT2D eigenvalue weighted by molar-refractivity contribution is 7.91. The summed E-state index contributed by atoms with van der Waals surface area (Å²) in [5.41, 5.74) is 3.00. The van der Waals surface area contributed by atoms with Crippen LogP contribution >= 0.6 is 0 Å². The maximum Gasteiger partial charge on any atom is 0.159 e. The highest BCUT2D eigenvalue weighted by Crippen LogP contribution is 2.27. The van der Waals surface area contributed by atoms with Crippen molar-refractivity contribution in [2.75, 3.05) is 7.11 Å². The van der Waals surface area contributed by atoms with Crippen LogP contribution < -0.4 is 4.74 Å². The number of aryl methyl sites for hydroxylation is 1. The molecule has 5 heteroatoms. The van der Waals surface area contributed by atoms with Gasteiger partial charge in [0.25, 0.3) is 0 Å². The lowest BCUT2D eigenvalue weighted by atomic mass is 9.92. The summed E-state index contributed by atoms with van der Waals surface area (Å²) in [6, 6.07) is 11.6. The number of ether oxygens (including phenoxy) is 1. The predicted molar refractivity (Wildman–Crippen MR) is 85.7 cm³/mol. The summed E-state index contributed by atoms with van der Waals surface area (Å²) in [4.78, 5) is 4.17. The van der Waals surface area contributed by atoms with Crippen molar-refractivity contribution in [1.29, 1.82) is 0 Å². The molecule has 116 valence electrons. The minimum Gasteiger partial charge on any atom is -0.495 e. The SMILES string of the molecule is COc1ccc(CS(=O)(=O)C2CCc3ccccc3C2)nc1. The predicted octanol–water partition coefficient (Wildman–Crippen LogP) is 2.56. The first-order valence-corrected chi connectivity index (χ1v) is 9.07. The molecule has 1 unspecified atom stereocenters. The third kappa shape index (κ3) is 3.14. The molecule has 3 rings (SSSR count). The third-order valence-corrected chi connectivity index (χ3v) is 6.31. The highest BCUT2D eigenvalue weighted by atomic mass is 32.2. The lowest BCUT2D eigenvalue weighted by Crippen LogP contribution is -2.29. The van der Waals surface area contributed by atoms with Crippen LogP contribution in [0.3, 0.4) is 0 Å². The van der Waals surface area contributed by atoms with Crippen LogP contribution in [-0.4, -0.2) is 25.8 Å². The molecular formula is C17H19NO3S. The summed E-state index contributed by atoms with van der Waals surface area (Å²) < 4.78 is 30.3. The Bertz CT molecular complexity index is 754. The molecule has 4 nitrogen and oxygen atoms in total. The largest absolute Gasteiger partial charge is 0.495 e. The van der Waals surface area contributed by atoms with Crippen molar-refractivity contribution in [2.24, 2.45) is 0 Å². The van der Waals surface area contributed by atoms with E-state index in [2.05, 4.69) is 11.1 Å². The second-order valence-electron chi connectivity index (χ2n) is 5.63. The molecule has 22 heavy (non-hydrogen) atoms. The Balaban J connectivity index is 1.76. The molecule has 0 saturated heterocycles. The number of sulfone groups is 1. The fraction of sp³-hybridized carbons (Fsp3) is 0.353. The number of pyridine rings is 1. The zero-order valence-electron chi connectivity index (χ0n) is 12.5. The molecule has 0 spiro atoms. The van der Waals surface area contributed by atoms with Gasteiger partial charge in [0.05, 0.1) is 30.0 Å². The second-order valence-corrected chi connectivity index (χ2v) is 7.91. The number of hydrogen-bond donors (Lipinski definition) is 0. The molecule has 0 amide bonds.